The van der Waals surface area contributed by atoms with E-state index in [0.29, 0.717) is 4.21 Å². The summed E-state index contributed by atoms with van der Waals surface area (Å²) in [6, 6.07) is 6.67. The molecule has 0 radical (unpaired) electrons. The Morgan fingerprint density at radius 1 is 1.27 bits per heavy atom. The van der Waals surface area contributed by atoms with Gasteiger partial charge in [0, 0.05) is 12.4 Å². The summed E-state index contributed by atoms with van der Waals surface area (Å²) in [5, 5.41) is 0. The number of aromatic nitrogens is 1. The first-order chi connectivity index (χ1) is 6.60. The maximum Gasteiger partial charge on any atom is 1.00 e. The molecule has 0 fully saturated rings. The van der Waals surface area contributed by atoms with Crippen LogP contribution in [0.5, 0.6) is 0 Å². The number of nitrogens with zero attached hydrogens (tertiary/aromatic N) is 1. The van der Waals surface area contributed by atoms with Gasteiger partial charge in [-0.05, 0) is 40.2 Å². The van der Waals surface area contributed by atoms with Crippen LogP contribution in [0.15, 0.2) is 44.7 Å². The number of hydrogen-bond acceptors (Lipinski definition) is 3. The fourth-order valence-electron chi connectivity index (χ4n) is 1.02. The maximum atomic E-state index is 11.9. The molecule has 15 heavy (non-hydrogen) atoms. The normalized spacial score (nSPS) is 11.0. The molecular formula is C8H7BrNNaO2S2. The van der Waals surface area contributed by atoms with Gasteiger partial charge in [-0.3, -0.25) is 0 Å². The Labute approximate surface area is 124 Å². The van der Waals surface area contributed by atoms with Crippen LogP contribution in [-0.4, -0.2) is 12.4 Å². The largest absolute Gasteiger partial charge is 1.00 e. The second-order valence-corrected chi connectivity index (χ2v) is 7.11. The van der Waals surface area contributed by atoms with Crippen LogP contribution < -0.4 is 29.6 Å². The molecule has 0 unspecified atom stereocenters. The van der Waals surface area contributed by atoms with E-state index in [4.69, 9.17) is 0 Å². The van der Waals surface area contributed by atoms with Crippen molar-refractivity contribution in [1.29, 1.82) is 0 Å². The van der Waals surface area contributed by atoms with E-state index in [9.17, 15) is 8.42 Å². The molecule has 0 N–H and O–H groups in total. The van der Waals surface area contributed by atoms with Crippen LogP contribution in [-0.2, 0) is 10.0 Å². The summed E-state index contributed by atoms with van der Waals surface area (Å²) in [6.45, 7) is 0. The molecule has 0 spiro atoms. The van der Waals surface area contributed by atoms with Gasteiger partial charge in [0.25, 0.3) is 10.0 Å². The van der Waals surface area contributed by atoms with Crippen molar-refractivity contribution in [3.63, 3.8) is 0 Å². The van der Waals surface area contributed by atoms with Crippen LogP contribution >= 0.6 is 27.3 Å². The summed E-state index contributed by atoms with van der Waals surface area (Å²) in [5.74, 6) is 0. The molecule has 0 aliphatic carbocycles. The second kappa shape index (κ2) is 5.16. The van der Waals surface area contributed by atoms with E-state index in [1.807, 2.05) is 0 Å². The molecule has 76 valence electrons. The molecule has 0 aromatic carbocycles. The summed E-state index contributed by atoms with van der Waals surface area (Å²) in [4.78, 5) is 0. The van der Waals surface area contributed by atoms with Crippen LogP contribution in [0.25, 0.3) is 0 Å². The fourth-order valence-corrected chi connectivity index (χ4v) is 4.32. The number of thiophene rings is 1. The van der Waals surface area contributed by atoms with Crippen molar-refractivity contribution in [2.75, 3.05) is 0 Å². The van der Waals surface area contributed by atoms with Crippen molar-refractivity contribution in [2.45, 2.75) is 4.21 Å². The Morgan fingerprint density at radius 3 is 2.33 bits per heavy atom. The first-order valence-corrected chi connectivity index (χ1v) is 6.79. The van der Waals surface area contributed by atoms with Crippen LogP contribution in [0.3, 0.4) is 0 Å². The Balaban J connectivity index is 0.00000112. The third-order valence-corrected chi connectivity index (χ3v) is 5.40. The van der Waals surface area contributed by atoms with Gasteiger partial charge in [-0.2, -0.15) is 8.42 Å². The molecule has 0 atom stereocenters. The zero-order valence-corrected chi connectivity index (χ0v) is 13.1. The van der Waals surface area contributed by atoms with Gasteiger partial charge in [-0.1, -0.05) is 0 Å². The van der Waals surface area contributed by atoms with Gasteiger partial charge in [0.05, 0.1) is 3.79 Å². The zero-order chi connectivity index (χ0) is 10.2. The van der Waals surface area contributed by atoms with E-state index in [0.717, 1.165) is 3.79 Å². The molecule has 7 heteroatoms. The third-order valence-electron chi connectivity index (χ3n) is 1.66. The zero-order valence-electron chi connectivity index (χ0n) is 8.92. The van der Waals surface area contributed by atoms with Crippen molar-refractivity contribution < 1.29 is 39.4 Å². The minimum absolute atomic E-state index is 0. The summed E-state index contributed by atoms with van der Waals surface area (Å²) >= 11 is 4.43. The Bertz CT molecular complexity index is 538. The molecule has 0 amide bonds. The molecule has 0 aliphatic heterocycles. The monoisotopic (exact) mass is 315 g/mol. The average Bonchev–Trinajstić information content (AvgIpc) is 2.72. The molecule has 0 saturated heterocycles. The number of rotatable bonds is 2. The smallest absolute Gasteiger partial charge is 1.00 e. The SMILES string of the molecule is O=S(=O)(c1ccc(Br)s1)n1cccc1.[H-].[Na+]. The van der Waals surface area contributed by atoms with E-state index >= 15 is 0 Å². The van der Waals surface area contributed by atoms with Crippen LogP contribution in [0.1, 0.15) is 1.43 Å². The molecule has 2 aromatic rings. The standard InChI is InChI=1S/C8H6BrNO2S2.Na.H/c9-7-3-4-8(13-7)14(11,12)10-5-1-2-6-10;;/h1-6H;;/q;+1;-1. The molecule has 0 saturated carbocycles. The number of halogens is 1. The van der Waals surface area contributed by atoms with Gasteiger partial charge >= 0.3 is 29.6 Å². The Kier molecular flexibility index (Phi) is 4.64. The molecule has 0 aliphatic rings. The van der Waals surface area contributed by atoms with E-state index in [1.165, 1.54) is 27.7 Å². The second-order valence-electron chi connectivity index (χ2n) is 2.58. The predicted octanol–water partition coefficient (Wildman–Crippen LogP) is -0.334. The van der Waals surface area contributed by atoms with Gasteiger partial charge in [0.2, 0.25) is 0 Å². The summed E-state index contributed by atoms with van der Waals surface area (Å²) in [6.07, 6.45) is 3.03. The summed E-state index contributed by atoms with van der Waals surface area (Å²) in [5.41, 5.74) is 0. The van der Waals surface area contributed by atoms with E-state index in [1.54, 1.807) is 24.3 Å². The molecular weight excluding hydrogens is 309 g/mol. The Hall–Kier alpha value is 0.410. The van der Waals surface area contributed by atoms with Crippen molar-refractivity contribution in [1.82, 2.24) is 3.97 Å². The van der Waals surface area contributed by atoms with Crippen LogP contribution in [0, 0.1) is 0 Å². The van der Waals surface area contributed by atoms with E-state index in [2.05, 4.69) is 15.9 Å². The fraction of sp³-hybridized carbons (Fsp3) is 0. The van der Waals surface area contributed by atoms with E-state index in [-0.39, 0.29) is 31.0 Å². The average molecular weight is 316 g/mol. The third kappa shape index (κ3) is 2.75. The van der Waals surface area contributed by atoms with Gasteiger partial charge in [0.1, 0.15) is 4.21 Å². The van der Waals surface area contributed by atoms with Gasteiger partial charge < -0.3 is 1.43 Å². The van der Waals surface area contributed by atoms with Gasteiger partial charge in [-0.15, -0.1) is 11.3 Å². The minimum atomic E-state index is -3.37. The summed E-state index contributed by atoms with van der Waals surface area (Å²) < 4.78 is 26.1. The van der Waals surface area contributed by atoms with Gasteiger partial charge in [0.15, 0.2) is 0 Å². The first kappa shape index (κ1) is 13.5. The van der Waals surface area contributed by atoms with Crippen molar-refractivity contribution in [2.24, 2.45) is 0 Å². The molecule has 3 nitrogen and oxygen atoms in total. The van der Waals surface area contributed by atoms with Crippen LogP contribution in [0.2, 0.25) is 0 Å². The van der Waals surface area contributed by atoms with Gasteiger partial charge in [-0.25, -0.2) is 3.97 Å². The molecule has 0 bridgehead atoms. The first-order valence-electron chi connectivity index (χ1n) is 3.74. The summed E-state index contributed by atoms with van der Waals surface area (Å²) in [7, 11) is -3.37. The molecule has 2 rings (SSSR count). The minimum Gasteiger partial charge on any atom is -1.00 e. The topological polar surface area (TPSA) is 39.1 Å². The van der Waals surface area contributed by atoms with Crippen LogP contribution in [0.4, 0.5) is 0 Å². The Morgan fingerprint density at radius 2 is 1.87 bits per heavy atom. The number of hydrogen-bond donors (Lipinski definition) is 0. The maximum absolute atomic E-state index is 11.9. The van der Waals surface area contributed by atoms with E-state index < -0.39 is 10.0 Å². The molecule has 2 aromatic heterocycles. The quantitative estimate of drug-likeness (QED) is 0.712. The van der Waals surface area contributed by atoms with Crippen molar-refractivity contribution in [3.05, 3.63) is 40.4 Å². The molecule has 2 heterocycles. The van der Waals surface area contributed by atoms with Crippen molar-refractivity contribution >= 4 is 37.3 Å². The predicted molar refractivity (Wildman–Crippen MR) is 60.1 cm³/mol. The van der Waals surface area contributed by atoms with Crippen molar-refractivity contribution in [3.8, 4) is 0 Å².